The highest BCUT2D eigenvalue weighted by Gasteiger charge is 2.33. The minimum absolute atomic E-state index is 0.0771. The van der Waals surface area contributed by atoms with Gasteiger partial charge in [0.25, 0.3) is 11.8 Å². The van der Waals surface area contributed by atoms with Gasteiger partial charge in [-0.05, 0) is 65.7 Å². The fourth-order valence-electron chi connectivity index (χ4n) is 4.49. The maximum Gasteiger partial charge on any atom is 0.253 e. The Labute approximate surface area is 246 Å². The molecule has 1 atom stereocenters. The van der Waals surface area contributed by atoms with Crippen LogP contribution < -0.4 is 14.8 Å². The molecule has 0 saturated heterocycles. The first-order valence-electron chi connectivity index (χ1n) is 13.1. The van der Waals surface area contributed by atoms with Gasteiger partial charge in [0.15, 0.2) is 11.0 Å². The molecule has 10 nitrogen and oxygen atoms in total. The van der Waals surface area contributed by atoms with Crippen LogP contribution in [-0.2, 0) is 18.4 Å². The Morgan fingerprint density at radius 3 is 2.36 bits per heavy atom. The van der Waals surface area contributed by atoms with Gasteiger partial charge in [0.2, 0.25) is 0 Å². The fraction of sp³-hybridized carbons (Fsp3) is 0.233. The van der Waals surface area contributed by atoms with Gasteiger partial charge in [-0.1, -0.05) is 30.0 Å². The summed E-state index contributed by atoms with van der Waals surface area (Å²) in [7, 11) is 4.98. The molecule has 5 rings (SSSR count). The van der Waals surface area contributed by atoms with E-state index in [0.29, 0.717) is 17.4 Å². The van der Waals surface area contributed by atoms with Gasteiger partial charge in [-0.15, -0.1) is 10.2 Å². The Morgan fingerprint density at radius 1 is 1.00 bits per heavy atom. The molecule has 0 saturated carbocycles. The predicted molar refractivity (Wildman–Crippen MR) is 156 cm³/mol. The number of methoxy groups -OCH3 is 2. The molecule has 12 heteroatoms. The number of halogens is 1. The van der Waals surface area contributed by atoms with Crippen molar-refractivity contribution in [2.24, 2.45) is 12.1 Å². The first kappa shape index (κ1) is 28.8. The Balaban J connectivity index is 1.27. The number of nitrogens with zero attached hydrogens (tertiary/aromatic N) is 5. The molecule has 3 aromatic carbocycles. The molecule has 216 valence electrons. The third kappa shape index (κ3) is 6.44. The molecule has 0 spiro atoms. The van der Waals surface area contributed by atoms with Crippen LogP contribution in [0, 0.1) is 5.82 Å². The summed E-state index contributed by atoms with van der Waals surface area (Å²) in [6, 6.07) is 20.4. The smallest absolute Gasteiger partial charge is 0.253 e. The van der Waals surface area contributed by atoms with Crippen molar-refractivity contribution in [2.45, 2.75) is 24.2 Å². The second-order valence-electron chi connectivity index (χ2n) is 9.45. The summed E-state index contributed by atoms with van der Waals surface area (Å²) in [4.78, 5) is 25.9. The van der Waals surface area contributed by atoms with E-state index in [9.17, 15) is 14.0 Å². The summed E-state index contributed by atoms with van der Waals surface area (Å²) in [6.45, 7) is 0.0918. The zero-order chi connectivity index (χ0) is 29.6. The van der Waals surface area contributed by atoms with Gasteiger partial charge in [-0.3, -0.25) is 9.59 Å². The van der Waals surface area contributed by atoms with Crippen LogP contribution in [-0.4, -0.2) is 57.3 Å². The molecule has 4 aromatic rings. The number of rotatable bonds is 10. The fourth-order valence-corrected chi connectivity index (χ4v) is 5.27. The van der Waals surface area contributed by atoms with E-state index in [1.807, 2.05) is 48.5 Å². The summed E-state index contributed by atoms with van der Waals surface area (Å²) in [5.74, 6) is 0.938. The summed E-state index contributed by atoms with van der Waals surface area (Å²) in [5, 5.41) is 17.8. The number of carbonyl (C=O) groups excluding carboxylic acids is 2. The zero-order valence-electron chi connectivity index (χ0n) is 23.3. The first-order valence-corrected chi connectivity index (χ1v) is 14.1. The van der Waals surface area contributed by atoms with Gasteiger partial charge in [0.05, 0.1) is 38.3 Å². The highest BCUT2D eigenvalue weighted by Crippen LogP contribution is 2.34. The second kappa shape index (κ2) is 12.9. The highest BCUT2D eigenvalue weighted by molar-refractivity contribution is 7.99. The minimum Gasteiger partial charge on any atom is -0.497 e. The summed E-state index contributed by atoms with van der Waals surface area (Å²) in [6.07, 6.45) is 0.550. The summed E-state index contributed by atoms with van der Waals surface area (Å²) in [5.41, 5.74) is 2.86. The maximum absolute atomic E-state index is 13.5. The van der Waals surface area contributed by atoms with E-state index in [1.54, 1.807) is 25.8 Å². The average molecular weight is 589 g/mol. The molecule has 1 aliphatic rings. The van der Waals surface area contributed by atoms with Crippen molar-refractivity contribution >= 4 is 29.3 Å². The van der Waals surface area contributed by atoms with E-state index >= 15 is 0 Å². The SMILES string of the molecule is COc1ccc(C2=NN(C(=O)CSc3nnc(CNC(=O)c4cccc(F)c4)n3C)[C@@H](c3ccc(OC)cc3)C2)cc1. The van der Waals surface area contributed by atoms with Crippen LogP contribution in [0.1, 0.15) is 39.8 Å². The number of hydrazone groups is 1. The molecule has 42 heavy (non-hydrogen) atoms. The third-order valence-corrected chi connectivity index (χ3v) is 7.84. The first-order chi connectivity index (χ1) is 20.4. The molecule has 0 fully saturated rings. The normalized spacial score (nSPS) is 14.4. The van der Waals surface area contributed by atoms with Gasteiger partial charge >= 0.3 is 0 Å². The molecule has 0 bridgehead atoms. The van der Waals surface area contributed by atoms with Gasteiger partial charge in [0, 0.05) is 19.0 Å². The zero-order valence-corrected chi connectivity index (χ0v) is 24.1. The number of thioether (sulfide) groups is 1. The number of hydrogen-bond acceptors (Lipinski definition) is 8. The molecule has 1 aromatic heterocycles. The highest BCUT2D eigenvalue weighted by atomic mass is 32.2. The molecule has 1 N–H and O–H groups in total. The largest absolute Gasteiger partial charge is 0.497 e. The van der Waals surface area contributed by atoms with Gasteiger partial charge < -0.3 is 19.4 Å². The van der Waals surface area contributed by atoms with E-state index in [0.717, 1.165) is 28.3 Å². The maximum atomic E-state index is 13.5. The van der Waals surface area contributed by atoms with E-state index in [4.69, 9.17) is 14.6 Å². The van der Waals surface area contributed by atoms with Crippen molar-refractivity contribution in [3.05, 3.63) is 101 Å². The average Bonchev–Trinajstić information content (AvgIpc) is 3.62. The molecule has 2 heterocycles. The van der Waals surface area contributed by atoms with Crippen molar-refractivity contribution in [1.29, 1.82) is 0 Å². The summed E-state index contributed by atoms with van der Waals surface area (Å²) < 4.78 is 25.7. The minimum atomic E-state index is -0.489. The molecule has 0 aliphatic carbocycles. The Bertz CT molecular complexity index is 1610. The summed E-state index contributed by atoms with van der Waals surface area (Å²) >= 11 is 1.23. The number of nitrogens with one attached hydrogen (secondary N) is 1. The lowest BCUT2D eigenvalue weighted by molar-refractivity contribution is -0.130. The predicted octanol–water partition coefficient (Wildman–Crippen LogP) is 4.37. The van der Waals surface area contributed by atoms with Crippen LogP contribution >= 0.6 is 11.8 Å². The topological polar surface area (TPSA) is 111 Å². The van der Waals surface area contributed by atoms with Gasteiger partial charge in [-0.2, -0.15) is 5.10 Å². The molecule has 0 unspecified atom stereocenters. The molecule has 2 amide bonds. The number of benzene rings is 3. The molecular formula is C30H29FN6O4S. The van der Waals surface area contributed by atoms with E-state index < -0.39 is 11.7 Å². The molecule has 1 aliphatic heterocycles. The number of carbonyl (C=O) groups is 2. The molecule has 0 radical (unpaired) electrons. The van der Waals surface area contributed by atoms with E-state index in [2.05, 4.69) is 15.5 Å². The van der Waals surface area contributed by atoms with Gasteiger partial charge in [-0.25, -0.2) is 9.40 Å². The van der Waals surface area contributed by atoms with Crippen molar-refractivity contribution in [3.63, 3.8) is 0 Å². The second-order valence-corrected chi connectivity index (χ2v) is 10.4. The number of hydrogen-bond donors (Lipinski definition) is 1. The van der Waals surface area contributed by atoms with Crippen LogP contribution in [0.3, 0.4) is 0 Å². The van der Waals surface area contributed by atoms with Crippen molar-refractivity contribution in [2.75, 3.05) is 20.0 Å². The lowest BCUT2D eigenvalue weighted by Crippen LogP contribution is -2.28. The molecular weight excluding hydrogens is 559 g/mol. The Hall–Kier alpha value is -4.71. The quantitative estimate of drug-likeness (QED) is 0.274. The number of ether oxygens (including phenoxy) is 2. The number of aromatic nitrogens is 3. The van der Waals surface area contributed by atoms with Crippen LogP contribution in [0.2, 0.25) is 0 Å². The standard InChI is InChI=1S/C30H29FN6O4S/c1-36-27(17-32-29(39)21-5-4-6-22(31)15-21)33-34-30(36)42-18-28(38)37-26(20-9-13-24(41-3)14-10-20)16-25(35-37)19-7-11-23(40-2)12-8-19/h4-15,26H,16-18H2,1-3H3,(H,32,39)/t26-/m1/s1. The monoisotopic (exact) mass is 588 g/mol. The van der Waals surface area contributed by atoms with Gasteiger partial charge in [0.1, 0.15) is 17.3 Å². The lowest BCUT2D eigenvalue weighted by Gasteiger charge is -2.22. The van der Waals surface area contributed by atoms with E-state index in [-0.39, 0.29) is 29.8 Å². The van der Waals surface area contributed by atoms with Crippen LogP contribution in [0.25, 0.3) is 0 Å². The Morgan fingerprint density at radius 2 is 1.69 bits per heavy atom. The third-order valence-electron chi connectivity index (χ3n) is 6.83. The van der Waals surface area contributed by atoms with Crippen molar-refractivity contribution < 1.29 is 23.5 Å². The van der Waals surface area contributed by atoms with Crippen LogP contribution in [0.15, 0.2) is 83.1 Å². The Kier molecular flexibility index (Phi) is 8.82. The van der Waals surface area contributed by atoms with E-state index in [1.165, 1.54) is 41.0 Å². The lowest BCUT2D eigenvalue weighted by atomic mass is 9.98. The van der Waals surface area contributed by atoms with Crippen LogP contribution in [0.5, 0.6) is 11.5 Å². The van der Waals surface area contributed by atoms with Crippen molar-refractivity contribution in [3.8, 4) is 11.5 Å². The van der Waals surface area contributed by atoms with Crippen molar-refractivity contribution in [1.82, 2.24) is 25.1 Å². The van der Waals surface area contributed by atoms with Crippen LogP contribution in [0.4, 0.5) is 4.39 Å². The number of amides is 2.